The molecule has 1 rings (SSSR count). The smallest absolute Gasteiger partial charge is 0.257 e. The van der Waals surface area contributed by atoms with Gasteiger partial charge < -0.3 is 25.3 Å². The van der Waals surface area contributed by atoms with Gasteiger partial charge in [-0.25, -0.2) is 0 Å². The number of nitrogens with zero attached hydrogens (tertiary/aromatic N) is 2. The molecule has 0 fully saturated rings. The fraction of sp³-hybridized carbons (Fsp3) is 0.333. The Morgan fingerprint density at radius 1 is 1.42 bits per heavy atom. The van der Waals surface area contributed by atoms with Crippen LogP contribution in [-0.4, -0.2) is 49.7 Å². The minimum atomic E-state index is -0.300. The summed E-state index contributed by atoms with van der Waals surface area (Å²) in [6.45, 7) is 0.0184. The van der Waals surface area contributed by atoms with E-state index in [9.17, 15) is 4.79 Å². The number of likely N-dealkylation sites (N-methyl/N-ethyl adjacent to an activating group) is 1. The third kappa shape index (κ3) is 3.51. The highest BCUT2D eigenvalue weighted by molar-refractivity contribution is 5.99. The second-order valence-electron chi connectivity index (χ2n) is 3.82. The first-order valence-electron chi connectivity index (χ1n) is 5.47. The zero-order chi connectivity index (χ0) is 14.4. The van der Waals surface area contributed by atoms with Crippen molar-refractivity contribution in [2.24, 2.45) is 10.9 Å². The van der Waals surface area contributed by atoms with Crippen molar-refractivity contribution in [3.8, 4) is 11.5 Å². The molecule has 7 heteroatoms. The van der Waals surface area contributed by atoms with Gasteiger partial charge in [0, 0.05) is 13.1 Å². The first kappa shape index (κ1) is 14.6. The molecule has 0 aromatic heterocycles. The Labute approximate surface area is 111 Å². The van der Waals surface area contributed by atoms with E-state index in [1.165, 1.54) is 19.1 Å². The summed E-state index contributed by atoms with van der Waals surface area (Å²) in [5.74, 6) is 0.637. The monoisotopic (exact) mass is 267 g/mol. The Morgan fingerprint density at radius 3 is 2.63 bits per heavy atom. The van der Waals surface area contributed by atoms with Gasteiger partial charge in [0.25, 0.3) is 5.91 Å². The fourth-order valence-corrected chi connectivity index (χ4v) is 1.53. The summed E-state index contributed by atoms with van der Waals surface area (Å²) >= 11 is 0. The van der Waals surface area contributed by atoms with Crippen LogP contribution in [0.5, 0.6) is 11.5 Å². The number of nitrogens with two attached hydrogens (primary N) is 1. The lowest BCUT2D eigenvalue weighted by molar-refractivity contribution is 0.0810. The second kappa shape index (κ2) is 6.48. The number of hydrogen-bond donors (Lipinski definition) is 2. The second-order valence-corrected chi connectivity index (χ2v) is 3.82. The van der Waals surface area contributed by atoms with Crippen LogP contribution in [-0.2, 0) is 0 Å². The molecule has 0 saturated heterocycles. The highest BCUT2D eigenvalue weighted by Gasteiger charge is 2.18. The highest BCUT2D eigenvalue weighted by atomic mass is 16.5. The molecule has 1 aromatic carbocycles. The van der Waals surface area contributed by atoms with Gasteiger partial charge in [-0.1, -0.05) is 5.16 Å². The summed E-state index contributed by atoms with van der Waals surface area (Å²) in [5.41, 5.74) is 5.73. The summed E-state index contributed by atoms with van der Waals surface area (Å²) < 4.78 is 10.2. The van der Waals surface area contributed by atoms with Crippen molar-refractivity contribution >= 4 is 11.7 Å². The summed E-state index contributed by atoms with van der Waals surface area (Å²) in [7, 11) is 4.54. The van der Waals surface area contributed by atoms with E-state index in [1.807, 2.05) is 0 Å². The minimum Gasteiger partial charge on any atom is -0.497 e. The molecular weight excluding hydrogens is 250 g/mol. The fourth-order valence-electron chi connectivity index (χ4n) is 1.53. The van der Waals surface area contributed by atoms with Crippen molar-refractivity contribution in [3.05, 3.63) is 23.8 Å². The lowest BCUT2D eigenvalue weighted by Gasteiger charge is -2.18. The van der Waals surface area contributed by atoms with Crippen LogP contribution in [0.15, 0.2) is 23.4 Å². The number of ether oxygens (including phenoxy) is 2. The molecule has 0 unspecified atom stereocenters. The quantitative estimate of drug-likeness (QED) is 0.351. The molecule has 1 amide bonds. The molecule has 1 aromatic rings. The minimum absolute atomic E-state index is 0.0184. The van der Waals surface area contributed by atoms with Crippen molar-refractivity contribution in [2.45, 2.75) is 0 Å². The van der Waals surface area contributed by atoms with Crippen molar-refractivity contribution < 1.29 is 19.5 Å². The lowest BCUT2D eigenvalue weighted by atomic mass is 10.1. The Kier molecular flexibility index (Phi) is 4.99. The largest absolute Gasteiger partial charge is 0.497 e. The van der Waals surface area contributed by atoms with Crippen LogP contribution in [0.25, 0.3) is 0 Å². The van der Waals surface area contributed by atoms with Gasteiger partial charge in [-0.05, 0) is 12.1 Å². The van der Waals surface area contributed by atoms with E-state index in [0.29, 0.717) is 17.1 Å². The van der Waals surface area contributed by atoms with Gasteiger partial charge in [0.2, 0.25) is 0 Å². The van der Waals surface area contributed by atoms with E-state index in [0.717, 1.165) is 0 Å². The zero-order valence-electron chi connectivity index (χ0n) is 11.1. The molecule has 0 saturated carbocycles. The van der Waals surface area contributed by atoms with Crippen LogP contribution in [0.4, 0.5) is 0 Å². The number of methoxy groups -OCH3 is 2. The van der Waals surface area contributed by atoms with Crippen LogP contribution < -0.4 is 15.2 Å². The van der Waals surface area contributed by atoms with E-state index in [4.69, 9.17) is 20.4 Å². The predicted octanol–water partition coefficient (Wildman–Crippen LogP) is 0.522. The lowest BCUT2D eigenvalue weighted by Crippen LogP contribution is -2.35. The summed E-state index contributed by atoms with van der Waals surface area (Å²) in [6.07, 6.45) is 0. The Bertz CT molecular complexity index is 488. The first-order valence-corrected chi connectivity index (χ1v) is 5.47. The molecule has 0 aliphatic carbocycles. The normalized spacial score (nSPS) is 11.0. The molecule has 7 nitrogen and oxygen atoms in total. The topological polar surface area (TPSA) is 97.4 Å². The van der Waals surface area contributed by atoms with Crippen LogP contribution in [0.3, 0.4) is 0 Å². The average Bonchev–Trinajstić information content (AvgIpc) is 2.45. The van der Waals surface area contributed by atoms with E-state index < -0.39 is 0 Å². The van der Waals surface area contributed by atoms with E-state index >= 15 is 0 Å². The highest BCUT2D eigenvalue weighted by Crippen LogP contribution is 2.25. The zero-order valence-corrected chi connectivity index (χ0v) is 11.1. The molecule has 0 radical (unpaired) electrons. The number of carbonyl (C=O) groups is 1. The van der Waals surface area contributed by atoms with Gasteiger partial charge in [0.05, 0.1) is 26.3 Å². The Hall–Kier alpha value is -2.44. The van der Waals surface area contributed by atoms with Gasteiger partial charge in [0.15, 0.2) is 5.84 Å². The number of amidine groups is 1. The predicted molar refractivity (Wildman–Crippen MR) is 69.9 cm³/mol. The molecule has 0 aliphatic heterocycles. The molecule has 104 valence electrons. The van der Waals surface area contributed by atoms with Crippen molar-refractivity contribution in [3.63, 3.8) is 0 Å². The first-order chi connectivity index (χ1) is 9.03. The molecule has 0 aliphatic rings. The van der Waals surface area contributed by atoms with Crippen molar-refractivity contribution in [2.75, 3.05) is 27.8 Å². The molecule has 0 atom stereocenters. The number of hydrogen-bond acceptors (Lipinski definition) is 5. The van der Waals surface area contributed by atoms with Crippen LogP contribution in [0, 0.1) is 0 Å². The molecule has 0 heterocycles. The van der Waals surface area contributed by atoms with E-state index in [-0.39, 0.29) is 18.3 Å². The Balaban J connectivity index is 2.98. The third-order valence-electron chi connectivity index (χ3n) is 2.51. The maximum absolute atomic E-state index is 12.2. The van der Waals surface area contributed by atoms with Gasteiger partial charge in [0.1, 0.15) is 11.5 Å². The molecule has 0 spiro atoms. The van der Waals surface area contributed by atoms with Gasteiger partial charge >= 0.3 is 0 Å². The van der Waals surface area contributed by atoms with E-state index in [2.05, 4.69) is 5.16 Å². The van der Waals surface area contributed by atoms with Gasteiger partial charge in [-0.15, -0.1) is 0 Å². The summed E-state index contributed by atoms with van der Waals surface area (Å²) in [6, 6.07) is 4.88. The summed E-state index contributed by atoms with van der Waals surface area (Å²) in [4.78, 5) is 13.5. The molecule has 3 N–H and O–H groups in total. The standard InChI is InChI=1S/C12H17N3O4/c1-15(7-11(13)14-17)12(16)9-5-4-8(18-2)6-10(9)19-3/h4-6,17H,7H2,1-3H3,(H2,13,14). The van der Waals surface area contributed by atoms with Gasteiger partial charge in [-0.2, -0.15) is 0 Å². The van der Waals surface area contributed by atoms with Crippen molar-refractivity contribution in [1.82, 2.24) is 4.90 Å². The average molecular weight is 267 g/mol. The van der Waals surface area contributed by atoms with Gasteiger partial charge in [-0.3, -0.25) is 4.79 Å². The number of rotatable bonds is 5. The van der Waals surface area contributed by atoms with Crippen molar-refractivity contribution in [1.29, 1.82) is 0 Å². The summed E-state index contributed by atoms with van der Waals surface area (Å²) in [5, 5.41) is 11.3. The Morgan fingerprint density at radius 2 is 2.11 bits per heavy atom. The maximum Gasteiger partial charge on any atom is 0.257 e. The number of carbonyl (C=O) groups excluding carboxylic acids is 1. The molecular formula is C12H17N3O4. The van der Waals surface area contributed by atoms with E-state index in [1.54, 1.807) is 25.2 Å². The van der Waals surface area contributed by atoms with Crippen LogP contribution in [0.1, 0.15) is 10.4 Å². The molecule has 19 heavy (non-hydrogen) atoms. The maximum atomic E-state index is 12.2. The third-order valence-corrected chi connectivity index (χ3v) is 2.51. The molecule has 0 bridgehead atoms. The number of benzene rings is 1. The number of oxime groups is 1. The van der Waals surface area contributed by atoms with Crippen LogP contribution >= 0.6 is 0 Å². The van der Waals surface area contributed by atoms with Crippen LogP contribution in [0.2, 0.25) is 0 Å². The SMILES string of the molecule is COc1ccc(C(=O)N(C)CC(N)=NO)c(OC)c1. The number of amides is 1.